The van der Waals surface area contributed by atoms with Gasteiger partial charge in [0.1, 0.15) is 11.9 Å². The summed E-state index contributed by atoms with van der Waals surface area (Å²) < 4.78 is 23.6. The first-order valence-electron chi connectivity index (χ1n) is 15.2. The molecule has 2 aromatic carbocycles. The third-order valence-corrected chi connectivity index (χ3v) is 9.96. The molecule has 1 aliphatic heterocycles. The molecule has 3 aromatic rings. The molecule has 0 saturated heterocycles. The Hall–Kier alpha value is -3.54. The van der Waals surface area contributed by atoms with E-state index in [0.29, 0.717) is 39.1 Å². The van der Waals surface area contributed by atoms with E-state index in [9.17, 15) is 11.0 Å². The Labute approximate surface area is 245 Å². The zero-order valence-corrected chi connectivity index (χ0v) is 23.4. The summed E-state index contributed by atoms with van der Waals surface area (Å²) in [7, 11) is 0. The molecule has 0 spiro atoms. The number of halogens is 2. The van der Waals surface area contributed by atoms with Crippen LogP contribution < -0.4 is 21.6 Å². The lowest BCUT2D eigenvalue weighted by Gasteiger charge is -2.57. The second kappa shape index (κ2) is 9.50. The normalized spacial score (nSPS) is 29.9. The van der Waals surface area contributed by atoms with Crippen molar-refractivity contribution in [2.24, 2.45) is 17.8 Å². The Morgan fingerprint density at radius 2 is 1.83 bits per heavy atom. The van der Waals surface area contributed by atoms with Crippen molar-refractivity contribution in [1.29, 1.82) is 5.26 Å². The van der Waals surface area contributed by atoms with Crippen molar-refractivity contribution in [3.05, 3.63) is 76.5 Å². The summed E-state index contributed by atoms with van der Waals surface area (Å²) in [5, 5.41) is 20.6. The van der Waals surface area contributed by atoms with E-state index in [1.807, 2.05) is 17.3 Å². The number of nitrogens with one attached hydrogen (secondary N) is 4. The van der Waals surface area contributed by atoms with Crippen LogP contribution >= 0.6 is 11.6 Å². The monoisotopic (exact) mass is 570 g/mol. The SMILES string of the molecule is [2H]C(Nc1cc(Cl)c2ncc(C#N)c(NC34CC5CC(CC(C5)C3)C4)c2c1)(C1=CN(C2CC2)NN1)c1ccc(F)cc1. The van der Waals surface area contributed by atoms with Crippen LogP contribution in [-0.2, 0) is 0 Å². The molecular weight excluding hydrogens is 537 g/mol. The minimum absolute atomic E-state index is 0.0195. The minimum Gasteiger partial charge on any atom is -0.378 e. The highest BCUT2D eigenvalue weighted by atomic mass is 35.5. The highest BCUT2D eigenvalue weighted by molar-refractivity contribution is 6.35. The van der Waals surface area contributed by atoms with E-state index < -0.39 is 6.02 Å². The minimum atomic E-state index is -1.49. The molecule has 6 aliphatic rings. The van der Waals surface area contributed by atoms with Gasteiger partial charge in [0, 0.05) is 35.1 Å². The first kappa shape index (κ1) is 24.1. The quantitative estimate of drug-likeness (QED) is 0.249. The van der Waals surface area contributed by atoms with Gasteiger partial charge in [0.05, 0.1) is 34.9 Å². The van der Waals surface area contributed by atoms with Crippen LogP contribution in [0.2, 0.25) is 5.02 Å². The molecule has 5 aliphatic carbocycles. The molecule has 5 saturated carbocycles. The van der Waals surface area contributed by atoms with E-state index in [1.54, 1.807) is 24.4 Å². The van der Waals surface area contributed by atoms with Gasteiger partial charge in [-0.2, -0.15) is 5.26 Å². The number of nitriles is 1. The summed E-state index contributed by atoms with van der Waals surface area (Å²) in [4.78, 5) is 4.57. The molecule has 9 rings (SSSR count). The van der Waals surface area contributed by atoms with E-state index >= 15 is 0 Å². The predicted octanol–water partition coefficient (Wildman–Crippen LogP) is 6.76. The number of hydrazine groups is 2. The summed E-state index contributed by atoms with van der Waals surface area (Å²) in [5.41, 5.74) is 9.92. The Morgan fingerprint density at radius 3 is 2.49 bits per heavy atom. The van der Waals surface area contributed by atoms with Crippen LogP contribution in [0.3, 0.4) is 0 Å². The number of hydrogen-bond acceptors (Lipinski definition) is 7. The van der Waals surface area contributed by atoms with Crippen LogP contribution in [0.15, 0.2) is 54.5 Å². The zero-order valence-electron chi connectivity index (χ0n) is 23.7. The molecule has 0 amide bonds. The van der Waals surface area contributed by atoms with Crippen molar-refractivity contribution < 1.29 is 5.76 Å². The van der Waals surface area contributed by atoms with Crippen LogP contribution in [0.4, 0.5) is 15.8 Å². The molecule has 1 atom stereocenters. The fourth-order valence-electron chi connectivity index (χ4n) is 8.14. The Bertz CT molecular complexity index is 1610. The van der Waals surface area contributed by atoms with Crippen molar-refractivity contribution in [2.45, 2.75) is 69.0 Å². The molecule has 5 fully saturated rings. The lowest BCUT2D eigenvalue weighted by atomic mass is 9.53. The maximum absolute atomic E-state index is 13.9. The van der Waals surface area contributed by atoms with Crippen LogP contribution in [-0.4, -0.2) is 21.6 Å². The van der Waals surface area contributed by atoms with Gasteiger partial charge >= 0.3 is 0 Å². The molecule has 0 radical (unpaired) electrons. The lowest BCUT2D eigenvalue weighted by molar-refractivity contribution is 0.0107. The largest absolute Gasteiger partial charge is 0.378 e. The van der Waals surface area contributed by atoms with Gasteiger partial charge in [0.2, 0.25) is 0 Å². The molecule has 1 aromatic heterocycles. The number of aromatic nitrogens is 1. The zero-order chi connectivity index (χ0) is 28.6. The summed E-state index contributed by atoms with van der Waals surface area (Å²) in [5.74, 6) is 1.88. The van der Waals surface area contributed by atoms with Crippen molar-refractivity contribution in [2.75, 3.05) is 10.6 Å². The smallest absolute Gasteiger partial charge is 0.123 e. The van der Waals surface area contributed by atoms with Crippen LogP contribution in [0.25, 0.3) is 10.9 Å². The molecule has 210 valence electrons. The number of benzene rings is 2. The fraction of sp³-hybridized carbons (Fsp3) is 0.438. The second-order valence-electron chi connectivity index (χ2n) is 12.8. The predicted molar refractivity (Wildman–Crippen MR) is 158 cm³/mol. The summed E-state index contributed by atoms with van der Waals surface area (Å²) >= 11 is 6.86. The molecule has 7 nitrogen and oxygen atoms in total. The first-order valence-corrected chi connectivity index (χ1v) is 15.1. The number of pyridine rings is 1. The summed E-state index contributed by atoms with van der Waals surface area (Å²) in [6, 6.07) is 10.9. The van der Waals surface area contributed by atoms with Crippen LogP contribution in [0, 0.1) is 34.9 Å². The number of hydrogen-bond donors (Lipinski definition) is 4. The molecule has 9 heteroatoms. The third-order valence-electron chi connectivity index (χ3n) is 9.67. The number of nitrogens with zero attached hydrogens (tertiary/aromatic N) is 3. The Kier molecular flexibility index (Phi) is 5.58. The van der Waals surface area contributed by atoms with Gasteiger partial charge in [-0.3, -0.25) is 9.99 Å². The van der Waals surface area contributed by atoms with Crippen LogP contribution in [0.5, 0.6) is 0 Å². The Balaban J connectivity index is 1.21. The molecule has 4 N–H and O–H groups in total. The van der Waals surface area contributed by atoms with E-state index in [2.05, 4.69) is 32.6 Å². The highest BCUT2D eigenvalue weighted by Crippen LogP contribution is 2.57. The van der Waals surface area contributed by atoms with E-state index in [4.69, 9.17) is 11.6 Å². The average Bonchev–Trinajstić information content (AvgIpc) is 3.68. The van der Waals surface area contributed by atoms with Gasteiger partial charge in [-0.1, -0.05) is 23.7 Å². The van der Waals surface area contributed by atoms with Gasteiger partial charge in [0.25, 0.3) is 0 Å². The van der Waals surface area contributed by atoms with Gasteiger partial charge in [-0.25, -0.2) is 4.39 Å². The topological polar surface area (TPSA) is 88.0 Å². The van der Waals surface area contributed by atoms with Crippen LogP contribution in [0.1, 0.15) is 69.9 Å². The molecule has 41 heavy (non-hydrogen) atoms. The summed E-state index contributed by atoms with van der Waals surface area (Å²) in [6.45, 7) is 0. The van der Waals surface area contributed by atoms with Gasteiger partial charge in [0.15, 0.2) is 0 Å². The lowest BCUT2D eigenvalue weighted by Crippen LogP contribution is -2.54. The average molecular weight is 571 g/mol. The number of rotatable bonds is 7. The maximum Gasteiger partial charge on any atom is 0.123 e. The number of anilines is 2. The fourth-order valence-corrected chi connectivity index (χ4v) is 8.41. The molecule has 4 bridgehead atoms. The van der Waals surface area contributed by atoms with E-state index in [1.165, 1.54) is 31.4 Å². The van der Waals surface area contributed by atoms with Gasteiger partial charge in [-0.15, -0.1) is 5.53 Å². The maximum atomic E-state index is 13.9. The highest BCUT2D eigenvalue weighted by Gasteiger charge is 2.51. The second-order valence-corrected chi connectivity index (χ2v) is 13.2. The standard InChI is InChI=1S/C32H33ClFN7/c33-27-11-24(37-30(21-1-3-23(34)4-2-21)28-17-41(40-39-28)25-5-6-25)10-26-29(22(15-35)16-36-31(26)27)38-32-12-18-7-19(13-32)9-20(8-18)14-32/h1-4,10-11,16-20,25,30,37,39-40H,5-9,12-14H2,(H,36,38)/i30D. The van der Waals surface area contributed by atoms with Crippen molar-refractivity contribution >= 4 is 33.9 Å². The van der Waals surface area contributed by atoms with Crippen molar-refractivity contribution in [3.63, 3.8) is 0 Å². The van der Waals surface area contributed by atoms with Gasteiger partial charge in [-0.05, 0) is 98.9 Å². The van der Waals surface area contributed by atoms with E-state index in [-0.39, 0.29) is 11.4 Å². The third kappa shape index (κ3) is 4.56. The first-order chi connectivity index (χ1) is 20.3. The molecular formula is C32H33ClFN7. The van der Waals surface area contributed by atoms with Gasteiger partial charge < -0.3 is 16.1 Å². The molecule has 2 heterocycles. The summed E-state index contributed by atoms with van der Waals surface area (Å²) in [6.07, 6.45) is 13.1. The Morgan fingerprint density at radius 1 is 1.12 bits per heavy atom. The van der Waals surface area contributed by atoms with Crippen molar-refractivity contribution in [1.82, 2.24) is 21.0 Å². The van der Waals surface area contributed by atoms with E-state index in [0.717, 1.165) is 60.9 Å². The van der Waals surface area contributed by atoms with Crippen molar-refractivity contribution in [3.8, 4) is 6.07 Å². The molecule has 1 unspecified atom stereocenters. The number of fused-ring (bicyclic) bond motifs is 1.